The Kier molecular flexibility index (Phi) is 3.19. The number of alkyl halides is 2. The fraction of sp³-hybridized carbons (Fsp3) is 0.375. The highest BCUT2D eigenvalue weighted by molar-refractivity contribution is 5.43. The van der Waals surface area contributed by atoms with E-state index in [0.717, 1.165) is 6.07 Å². The summed E-state index contributed by atoms with van der Waals surface area (Å²) in [6.45, 7) is -0.122. The normalized spacial score (nSPS) is 10.6. The molecule has 78 valence electrons. The van der Waals surface area contributed by atoms with E-state index in [0.29, 0.717) is 0 Å². The largest absolute Gasteiger partial charge is 0.503 e. The first-order valence-corrected chi connectivity index (χ1v) is 3.85. The molecule has 0 aliphatic heterocycles. The van der Waals surface area contributed by atoms with Crippen LogP contribution in [-0.2, 0) is 6.54 Å². The van der Waals surface area contributed by atoms with Crippen LogP contribution < -0.4 is 10.5 Å². The SMILES string of the molecule is COc1cc(C(F)F)nc(CN)c1O. The third-order valence-electron chi connectivity index (χ3n) is 1.69. The van der Waals surface area contributed by atoms with E-state index in [1.807, 2.05) is 0 Å². The van der Waals surface area contributed by atoms with Gasteiger partial charge in [-0.2, -0.15) is 0 Å². The van der Waals surface area contributed by atoms with Gasteiger partial charge in [-0.25, -0.2) is 13.8 Å². The first-order valence-electron chi connectivity index (χ1n) is 3.85. The predicted octanol–water partition coefficient (Wildman–Crippen LogP) is 1.19. The molecule has 1 aromatic heterocycles. The highest BCUT2D eigenvalue weighted by Crippen LogP contribution is 2.32. The maximum Gasteiger partial charge on any atom is 0.280 e. The number of ether oxygens (including phenoxy) is 1. The molecule has 0 bridgehead atoms. The molecular weight excluding hydrogens is 194 g/mol. The van der Waals surface area contributed by atoms with Crippen LogP contribution in [-0.4, -0.2) is 17.2 Å². The molecule has 1 aromatic rings. The van der Waals surface area contributed by atoms with Crippen LogP contribution >= 0.6 is 0 Å². The Balaban J connectivity index is 3.25. The van der Waals surface area contributed by atoms with Crippen molar-refractivity contribution in [3.63, 3.8) is 0 Å². The molecule has 0 saturated carbocycles. The minimum Gasteiger partial charge on any atom is -0.503 e. The van der Waals surface area contributed by atoms with E-state index in [9.17, 15) is 13.9 Å². The Morgan fingerprint density at radius 1 is 1.64 bits per heavy atom. The zero-order valence-electron chi connectivity index (χ0n) is 7.50. The van der Waals surface area contributed by atoms with Crippen molar-refractivity contribution in [1.29, 1.82) is 0 Å². The van der Waals surface area contributed by atoms with E-state index in [4.69, 9.17) is 10.5 Å². The number of hydrogen-bond acceptors (Lipinski definition) is 4. The van der Waals surface area contributed by atoms with E-state index >= 15 is 0 Å². The second-order valence-electron chi connectivity index (χ2n) is 2.55. The average molecular weight is 204 g/mol. The van der Waals surface area contributed by atoms with E-state index < -0.39 is 12.1 Å². The molecule has 0 amide bonds. The van der Waals surface area contributed by atoms with Gasteiger partial charge < -0.3 is 15.6 Å². The van der Waals surface area contributed by atoms with Crippen molar-refractivity contribution in [3.8, 4) is 11.5 Å². The Bertz CT molecular complexity index is 306. The second kappa shape index (κ2) is 4.19. The second-order valence-corrected chi connectivity index (χ2v) is 2.55. The van der Waals surface area contributed by atoms with Crippen molar-refractivity contribution in [3.05, 3.63) is 17.5 Å². The maximum absolute atomic E-state index is 12.3. The lowest BCUT2D eigenvalue weighted by atomic mass is 10.2. The van der Waals surface area contributed by atoms with E-state index in [1.54, 1.807) is 0 Å². The number of pyridine rings is 1. The van der Waals surface area contributed by atoms with Gasteiger partial charge in [-0.05, 0) is 0 Å². The minimum atomic E-state index is -2.71. The van der Waals surface area contributed by atoms with Crippen LogP contribution in [0, 0.1) is 0 Å². The van der Waals surface area contributed by atoms with Crippen LogP contribution in [0.3, 0.4) is 0 Å². The summed E-state index contributed by atoms with van der Waals surface area (Å²) in [5.74, 6) is -0.338. The van der Waals surface area contributed by atoms with Crippen molar-refractivity contribution in [2.75, 3.05) is 7.11 Å². The number of aromatic nitrogens is 1. The molecule has 3 N–H and O–H groups in total. The smallest absolute Gasteiger partial charge is 0.280 e. The summed E-state index contributed by atoms with van der Waals surface area (Å²) < 4.78 is 29.3. The molecule has 6 heteroatoms. The summed E-state index contributed by atoms with van der Waals surface area (Å²) in [5, 5.41) is 9.38. The van der Waals surface area contributed by atoms with Gasteiger partial charge in [-0.3, -0.25) is 0 Å². The van der Waals surface area contributed by atoms with Gasteiger partial charge in [0.15, 0.2) is 11.5 Å². The lowest BCUT2D eigenvalue weighted by Crippen LogP contribution is -2.04. The van der Waals surface area contributed by atoms with Gasteiger partial charge in [0.05, 0.1) is 7.11 Å². The molecule has 0 aliphatic rings. The molecule has 4 nitrogen and oxygen atoms in total. The summed E-state index contributed by atoms with van der Waals surface area (Å²) in [6.07, 6.45) is -2.71. The van der Waals surface area contributed by atoms with Crippen molar-refractivity contribution in [1.82, 2.24) is 4.98 Å². The fourth-order valence-corrected chi connectivity index (χ4v) is 0.996. The molecule has 0 aliphatic carbocycles. The van der Waals surface area contributed by atoms with E-state index in [-0.39, 0.29) is 23.7 Å². The van der Waals surface area contributed by atoms with Crippen LogP contribution in [0.1, 0.15) is 17.8 Å². The molecule has 0 radical (unpaired) electrons. The quantitative estimate of drug-likeness (QED) is 0.776. The number of nitrogens with two attached hydrogens (primary N) is 1. The third-order valence-corrected chi connectivity index (χ3v) is 1.69. The Hall–Kier alpha value is -1.43. The van der Waals surface area contributed by atoms with Crippen LogP contribution in [0.5, 0.6) is 11.5 Å². The monoisotopic (exact) mass is 204 g/mol. The maximum atomic E-state index is 12.3. The van der Waals surface area contributed by atoms with Gasteiger partial charge in [0.25, 0.3) is 6.43 Å². The van der Waals surface area contributed by atoms with Crippen molar-refractivity contribution < 1.29 is 18.6 Å². The molecule has 1 rings (SSSR count). The summed E-state index contributed by atoms with van der Waals surface area (Å²) in [6, 6.07) is 0.985. The number of rotatable bonds is 3. The predicted molar refractivity (Wildman–Crippen MR) is 45.3 cm³/mol. The number of halogens is 2. The van der Waals surface area contributed by atoms with Crippen LogP contribution in [0.2, 0.25) is 0 Å². The lowest BCUT2D eigenvalue weighted by Gasteiger charge is -2.09. The average Bonchev–Trinajstić information content (AvgIpc) is 2.17. The Labute approximate surface area is 79.3 Å². The third kappa shape index (κ3) is 1.90. The zero-order valence-corrected chi connectivity index (χ0v) is 7.50. The van der Waals surface area contributed by atoms with Gasteiger partial charge in [0.1, 0.15) is 11.4 Å². The molecule has 1 heterocycles. The Morgan fingerprint density at radius 3 is 2.71 bits per heavy atom. The minimum absolute atomic E-state index is 0.000324. The zero-order chi connectivity index (χ0) is 10.7. The molecular formula is C8H10F2N2O2. The van der Waals surface area contributed by atoms with Crippen molar-refractivity contribution in [2.24, 2.45) is 5.73 Å². The molecule has 0 aromatic carbocycles. The summed E-state index contributed by atoms with van der Waals surface area (Å²) >= 11 is 0. The number of methoxy groups -OCH3 is 1. The first-order chi connectivity index (χ1) is 6.60. The molecule has 0 spiro atoms. The highest BCUT2D eigenvalue weighted by atomic mass is 19.3. The van der Waals surface area contributed by atoms with Gasteiger partial charge in [0, 0.05) is 12.6 Å². The van der Waals surface area contributed by atoms with Crippen LogP contribution in [0.15, 0.2) is 6.07 Å². The van der Waals surface area contributed by atoms with Crippen LogP contribution in [0.4, 0.5) is 8.78 Å². The van der Waals surface area contributed by atoms with E-state index in [2.05, 4.69) is 4.98 Å². The van der Waals surface area contributed by atoms with Gasteiger partial charge in [-0.15, -0.1) is 0 Å². The van der Waals surface area contributed by atoms with E-state index in [1.165, 1.54) is 7.11 Å². The molecule has 0 fully saturated rings. The molecule has 0 unspecified atom stereocenters. The van der Waals surface area contributed by atoms with Gasteiger partial charge in [0.2, 0.25) is 0 Å². The number of nitrogens with zero attached hydrogens (tertiary/aromatic N) is 1. The summed E-state index contributed by atoms with van der Waals surface area (Å²) in [7, 11) is 1.27. The molecule has 14 heavy (non-hydrogen) atoms. The highest BCUT2D eigenvalue weighted by Gasteiger charge is 2.16. The standard InChI is InChI=1S/C8H10F2N2O2/c1-14-6-2-4(8(9)10)12-5(3-11)7(6)13/h2,8,13H,3,11H2,1H3. The lowest BCUT2D eigenvalue weighted by molar-refractivity contribution is 0.145. The van der Waals surface area contributed by atoms with Gasteiger partial charge >= 0.3 is 0 Å². The van der Waals surface area contributed by atoms with Crippen LogP contribution in [0.25, 0.3) is 0 Å². The van der Waals surface area contributed by atoms with Gasteiger partial charge in [-0.1, -0.05) is 0 Å². The molecule has 0 atom stereocenters. The fourth-order valence-electron chi connectivity index (χ4n) is 0.996. The first kappa shape index (κ1) is 10.6. The number of hydrogen-bond donors (Lipinski definition) is 2. The number of aromatic hydroxyl groups is 1. The molecule has 0 saturated heterocycles. The van der Waals surface area contributed by atoms with Crippen molar-refractivity contribution >= 4 is 0 Å². The van der Waals surface area contributed by atoms with Crippen molar-refractivity contribution in [2.45, 2.75) is 13.0 Å². The topological polar surface area (TPSA) is 68.4 Å². The Morgan fingerprint density at radius 2 is 2.29 bits per heavy atom. The summed E-state index contributed by atoms with van der Waals surface area (Å²) in [4.78, 5) is 3.49. The summed E-state index contributed by atoms with van der Waals surface area (Å²) in [5.41, 5.74) is 4.76.